The number of fused-ring (bicyclic) bond motifs is 1. The molecule has 174 valence electrons. The van der Waals surface area contributed by atoms with Crippen molar-refractivity contribution in [3.8, 4) is 11.9 Å². The van der Waals surface area contributed by atoms with E-state index in [1.54, 1.807) is 23.1 Å². The first kappa shape index (κ1) is 21.8. The van der Waals surface area contributed by atoms with Gasteiger partial charge in [-0.3, -0.25) is 9.59 Å². The van der Waals surface area contributed by atoms with Gasteiger partial charge in [-0.15, -0.1) is 0 Å². The molecule has 0 unspecified atom stereocenters. The number of amides is 1. The summed E-state index contributed by atoms with van der Waals surface area (Å²) in [6, 6.07) is 5.96. The molecule has 2 aliphatic carbocycles. The molecule has 0 saturated heterocycles. The Hall–Kier alpha value is -4.00. The number of carbonyl (C=O) groups is 2. The van der Waals surface area contributed by atoms with Crippen molar-refractivity contribution in [3.05, 3.63) is 41.9 Å². The summed E-state index contributed by atoms with van der Waals surface area (Å²) in [5.74, 6) is 0.0780. The average molecular weight is 460 g/mol. The predicted octanol–water partition coefficient (Wildman–Crippen LogP) is 2.72. The van der Waals surface area contributed by atoms with Gasteiger partial charge in [-0.25, -0.2) is 9.97 Å². The molecule has 2 N–H and O–H groups in total. The normalized spacial score (nSPS) is 19.9. The summed E-state index contributed by atoms with van der Waals surface area (Å²) in [7, 11) is 1.41. The highest BCUT2D eigenvalue weighted by Gasteiger charge is 2.29. The SMILES string of the molecule is COC(=O)C1CCC(NC(=O)c2cnc(-n3ncc4cc(C#N)cnc43)cc2NC2CC2)CC1. The van der Waals surface area contributed by atoms with Crippen LogP contribution in [0.2, 0.25) is 0 Å². The Kier molecular flexibility index (Phi) is 5.84. The summed E-state index contributed by atoms with van der Waals surface area (Å²) >= 11 is 0. The second kappa shape index (κ2) is 9.09. The van der Waals surface area contributed by atoms with Crippen LogP contribution in [0, 0.1) is 17.2 Å². The zero-order valence-corrected chi connectivity index (χ0v) is 18.8. The van der Waals surface area contributed by atoms with E-state index in [-0.39, 0.29) is 23.8 Å². The van der Waals surface area contributed by atoms with Gasteiger partial charge in [0, 0.05) is 35.9 Å². The predicted molar refractivity (Wildman–Crippen MR) is 123 cm³/mol. The molecule has 0 spiro atoms. The maximum atomic E-state index is 13.1. The van der Waals surface area contributed by atoms with Gasteiger partial charge in [-0.1, -0.05) is 0 Å². The zero-order valence-electron chi connectivity index (χ0n) is 18.8. The molecule has 3 aromatic rings. The quantitative estimate of drug-likeness (QED) is 0.537. The molecular weight excluding hydrogens is 434 g/mol. The summed E-state index contributed by atoms with van der Waals surface area (Å²) in [6.45, 7) is 0. The number of carbonyl (C=O) groups excluding carboxylic acids is 2. The van der Waals surface area contributed by atoms with Crippen LogP contribution in [0.1, 0.15) is 54.4 Å². The molecule has 5 rings (SSSR count). The Morgan fingerprint density at radius 2 is 1.82 bits per heavy atom. The van der Waals surface area contributed by atoms with Crippen LogP contribution in [-0.2, 0) is 9.53 Å². The van der Waals surface area contributed by atoms with Gasteiger partial charge in [0.2, 0.25) is 0 Å². The summed E-state index contributed by atoms with van der Waals surface area (Å²) in [4.78, 5) is 33.8. The molecule has 2 fully saturated rings. The van der Waals surface area contributed by atoms with E-state index in [0.29, 0.717) is 47.2 Å². The molecule has 0 aliphatic heterocycles. The van der Waals surface area contributed by atoms with Crippen molar-refractivity contribution in [3.63, 3.8) is 0 Å². The van der Waals surface area contributed by atoms with Crippen LogP contribution < -0.4 is 10.6 Å². The third kappa shape index (κ3) is 4.41. The first-order valence-corrected chi connectivity index (χ1v) is 11.4. The van der Waals surface area contributed by atoms with Crippen LogP contribution in [-0.4, -0.2) is 50.8 Å². The van der Waals surface area contributed by atoms with Crippen molar-refractivity contribution in [1.82, 2.24) is 25.1 Å². The lowest BCUT2D eigenvalue weighted by molar-refractivity contribution is -0.146. The minimum Gasteiger partial charge on any atom is -0.469 e. The molecule has 10 nitrogen and oxygen atoms in total. The number of esters is 1. The van der Waals surface area contributed by atoms with Crippen LogP contribution >= 0.6 is 0 Å². The molecule has 34 heavy (non-hydrogen) atoms. The Morgan fingerprint density at radius 3 is 2.53 bits per heavy atom. The Labute approximate surface area is 196 Å². The molecule has 0 radical (unpaired) electrons. The summed E-state index contributed by atoms with van der Waals surface area (Å²) in [5, 5.41) is 20.8. The molecule has 3 aromatic heterocycles. The van der Waals surface area contributed by atoms with E-state index >= 15 is 0 Å². The number of nitriles is 1. The van der Waals surface area contributed by atoms with Gasteiger partial charge in [-0.2, -0.15) is 15.0 Å². The van der Waals surface area contributed by atoms with E-state index in [1.807, 2.05) is 6.07 Å². The van der Waals surface area contributed by atoms with Gasteiger partial charge >= 0.3 is 5.97 Å². The lowest BCUT2D eigenvalue weighted by Crippen LogP contribution is -2.39. The molecular formula is C24H25N7O3. The zero-order chi connectivity index (χ0) is 23.7. The van der Waals surface area contributed by atoms with Gasteiger partial charge in [0.25, 0.3) is 5.91 Å². The Balaban J connectivity index is 1.37. The highest BCUT2D eigenvalue weighted by atomic mass is 16.5. The second-order valence-corrected chi connectivity index (χ2v) is 8.86. The van der Waals surface area contributed by atoms with Crippen molar-refractivity contribution in [2.45, 2.75) is 50.6 Å². The molecule has 2 aliphatic rings. The van der Waals surface area contributed by atoms with Crippen LogP contribution in [0.5, 0.6) is 0 Å². The average Bonchev–Trinajstić information content (AvgIpc) is 3.58. The van der Waals surface area contributed by atoms with Gasteiger partial charge < -0.3 is 15.4 Å². The lowest BCUT2D eigenvalue weighted by atomic mass is 9.86. The molecule has 0 atom stereocenters. The van der Waals surface area contributed by atoms with Gasteiger partial charge in [0.1, 0.15) is 6.07 Å². The first-order valence-electron chi connectivity index (χ1n) is 11.4. The number of nitrogens with one attached hydrogen (secondary N) is 2. The first-order chi connectivity index (χ1) is 16.6. The third-order valence-electron chi connectivity index (χ3n) is 6.42. The summed E-state index contributed by atoms with van der Waals surface area (Å²) in [6.07, 6.45) is 9.69. The van der Waals surface area contributed by atoms with Crippen LogP contribution in [0.4, 0.5) is 5.69 Å². The molecule has 10 heteroatoms. The van der Waals surface area contributed by atoms with Crippen LogP contribution in [0.25, 0.3) is 16.9 Å². The summed E-state index contributed by atoms with van der Waals surface area (Å²) in [5.41, 5.74) is 2.22. The maximum absolute atomic E-state index is 13.1. The molecule has 3 heterocycles. The fourth-order valence-electron chi connectivity index (χ4n) is 4.36. The number of anilines is 1. The number of rotatable bonds is 6. The summed E-state index contributed by atoms with van der Waals surface area (Å²) < 4.78 is 6.45. The van der Waals surface area contributed by atoms with Gasteiger partial charge in [-0.05, 0) is 44.6 Å². The van der Waals surface area contributed by atoms with Crippen molar-refractivity contribution in [2.75, 3.05) is 12.4 Å². The van der Waals surface area contributed by atoms with Crippen LogP contribution in [0.15, 0.2) is 30.7 Å². The topological polar surface area (TPSA) is 135 Å². The number of methoxy groups -OCH3 is 1. The minimum atomic E-state index is -0.189. The molecule has 0 aromatic carbocycles. The standard InChI is InChI=1S/C24H25N7O3/c1-34-24(33)15-2-4-18(5-3-15)30-23(32)19-13-26-21(9-20(19)29-17-6-7-17)31-22-16(12-28-31)8-14(10-25)11-27-22/h8-9,11-13,15,17-18H,2-7H2,1H3,(H,26,29)(H,30,32). The third-order valence-corrected chi connectivity index (χ3v) is 6.42. The van der Waals surface area contributed by atoms with Crippen LogP contribution in [0.3, 0.4) is 0 Å². The highest BCUT2D eigenvalue weighted by molar-refractivity contribution is 6.00. The van der Waals surface area contributed by atoms with E-state index in [9.17, 15) is 9.59 Å². The van der Waals surface area contributed by atoms with Crippen molar-refractivity contribution < 1.29 is 14.3 Å². The molecule has 0 bridgehead atoms. The fraction of sp³-hybridized carbons (Fsp3) is 0.417. The Morgan fingerprint density at radius 1 is 1.06 bits per heavy atom. The number of hydrogen-bond donors (Lipinski definition) is 2. The molecule has 2 saturated carbocycles. The van der Waals surface area contributed by atoms with E-state index in [4.69, 9.17) is 10.00 Å². The van der Waals surface area contributed by atoms with Gasteiger partial charge in [0.15, 0.2) is 11.5 Å². The number of pyridine rings is 2. The van der Waals surface area contributed by atoms with Gasteiger partial charge in [0.05, 0.1) is 36.0 Å². The van der Waals surface area contributed by atoms with Crippen molar-refractivity contribution in [1.29, 1.82) is 5.26 Å². The number of ether oxygens (including phenoxy) is 1. The molecule has 1 amide bonds. The van der Waals surface area contributed by atoms with E-state index < -0.39 is 0 Å². The van der Waals surface area contributed by atoms with E-state index in [2.05, 4.69) is 31.8 Å². The fourth-order valence-corrected chi connectivity index (χ4v) is 4.36. The number of hydrogen-bond acceptors (Lipinski definition) is 8. The van der Waals surface area contributed by atoms with E-state index in [0.717, 1.165) is 31.1 Å². The lowest BCUT2D eigenvalue weighted by Gasteiger charge is -2.27. The van der Waals surface area contributed by atoms with E-state index in [1.165, 1.54) is 13.3 Å². The minimum absolute atomic E-state index is 0.00967. The number of aromatic nitrogens is 4. The Bertz CT molecular complexity index is 1280. The number of nitrogens with zero attached hydrogens (tertiary/aromatic N) is 5. The monoisotopic (exact) mass is 459 g/mol. The highest BCUT2D eigenvalue weighted by Crippen LogP contribution is 2.29. The second-order valence-electron chi connectivity index (χ2n) is 8.86. The van der Waals surface area contributed by atoms with Crippen molar-refractivity contribution >= 4 is 28.6 Å². The van der Waals surface area contributed by atoms with Crippen molar-refractivity contribution in [2.24, 2.45) is 5.92 Å². The largest absolute Gasteiger partial charge is 0.469 e. The smallest absolute Gasteiger partial charge is 0.308 e. The maximum Gasteiger partial charge on any atom is 0.308 e.